The summed E-state index contributed by atoms with van der Waals surface area (Å²) < 4.78 is 31.6. The van der Waals surface area contributed by atoms with Gasteiger partial charge in [-0.2, -0.15) is 13.3 Å². The van der Waals surface area contributed by atoms with E-state index < -0.39 is 10.4 Å². The molecule has 0 atom stereocenters. The Morgan fingerprint density at radius 2 is 1.90 bits per heavy atom. The normalized spacial score (nSPS) is 12.3. The van der Waals surface area contributed by atoms with E-state index in [0.717, 1.165) is 18.6 Å². The van der Waals surface area contributed by atoms with Crippen LogP contribution in [0.3, 0.4) is 0 Å². The molecule has 0 unspecified atom stereocenters. The molecule has 0 fully saturated rings. The molecule has 1 heterocycles. The molecular formula is C11H20N2O6S. The van der Waals surface area contributed by atoms with Crippen LogP contribution in [0, 0.1) is 0 Å². The SMILES string of the molecule is C=CCc1c2cccc1OOCC2.N.N.O=S(=O)(O)O. The molecule has 116 valence electrons. The number of allylic oxidation sites excluding steroid dienone is 1. The van der Waals surface area contributed by atoms with Crippen molar-refractivity contribution < 1.29 is 27.3 Å². The first-order chi connectivity index (χ1) is 8.42. The maximum atomic E-state index is 8.74. The van der Waals surface area contributed by atoms with Crippen molar-refractivity contribution in [2.45, 2.75) is 12.8 Å². The van der Waals surface area contributed by atoms with Gasteiger partial charge in [0, 0.05) is 12.0 Å². The minimum Gasteiger partial charge on any atom is -0.344 e. The zero-order valence-electron chi connectivity index (χ0n) is 11.0. The van der Waals surface area contributed by atoms with Gasteiger partial charge in [-0.1, -0.05) is 18.2 Å². The highest BCUT2D eigenvalue weighted by atomic mass is 32.3. The highest BCUT2D eigenvalue weighted by Gasteiger charge is 2.12. The first-order valence-corrected chi connectivity index (χ1v) is 6.52. The number of rotatable bonds is 2. The van der Waals surface area contributed by atoms with Crippen LogP contribution in [-0.4, -0.2) is 24.1 Å². The van der Waals surface area contributed by atoms with E-state index >= 15 is 0 Å². The molecule has 0 aliphatic carbocycles. The van der Waals surface area contributed by atoms with Gasteiger partial charge in [-0.05, 0) is 18.1 Å². The fourth-order valence-corrected chi connectivity index (χ4v) is 1.56. The molecule has 1 aromatic carbocycles. The molecule has 9 heteroatoms. The van der Waals surface area contributed by atoms with Gasteiger partial charge in [0.15, 0.2) is 5.75 Å². The Hall–Kier alpha value is -1.49. The summed E-state index contributed by atoms with van der Waals surface area (Å²) in [5, 5.41) is 0. The summed E-state index contributed by atoms with van der Waals surface area (Å²) in [7, 11) is -4.67. The van der Waals surface area contributed by atoms with Crippen LogP contribution in [0.25, 0.3) is 0 Å². The van der Waals surface area contributed by atoms with Gasteiger partial charge >= 0.3 is 10.4 Å². The quantitative estimate of drug-likeness (QED) is 0.366. The van der Waals surface area contributed by atoms with Crippen molar-refractivity contribution in [3.8, 4) is 5.75 Å². The molecule has 8 nitrogen and oxygen atoms in total. The second-order valence-corrected chi connectivity index (χ2v) is 4.39. The summed E-state index contributed by atoms with van der Waals surface area (Å²) >= 11 is 0. The highest BCUT2D eigenvalue weighted by molar-refractivity contribution is 7.79. The van der Waals surface area contributed by atoms with Crippen molar-refractivity contribution in [2.75, 3.05) is 6.61 Å². The van der Waals surface area contributed by atoms with Crippen LogP contribution in [-0.2, 0) is 28.1 Å². The third-order valence-corrected chi connectivity index (χ3v) is 2.18. The van der Waals surface area contributed by atoms with Gasteiger partial charge in [0.25, 0.3) is 0 Å². The largest absolute Gasteiger partial charge is 0.394 e. The molecule has 8 N–H and O–H groups in total. The van der Waals surface area contributed by atoms with Gasteiger partial charge in [-0.3, -0.25) is 9.11 Å². The van der Waals surface area contributed by atoms with Crippen molar-refractivity contribution >= 4 is 10.4 Å². The Kier molecular flexibility index (Phi) is 9.81. The van der Waals surface area contributed by atoms with E-state index in [0.29, 0.717) is 6.61 Å². The lowest BCUT2D eigenvalue weighted by Crippen LogP contribution is -1.96. The Morgan fingerprint density at radius 1 is 1.30 bits per heavy atom. The second kappa shape index (κ2) is 9.42. The van der Waals surface area contributed by atoms with E-state index in [2.05, 4.69) is 12.6 Å². The average Bonchev–Trinajstić information content (AvgIpc) is 2.36. The lowest BCUT2D eigenvalue weighted by molar-refractivity contribution is -0.203. The smallest absolute Gasteiger partial charge is 0.344 e. The minimum atomic E-state index is -4.67. The van der Waals surface area contributed by atoms with Gasteiger partial charge in [0.05, 0.1) is 6.61 Å². The lowest BCUT2D eigenvalue weighted by atomic mass is 10.0. The average molecular weight is 308 g/mol. The van der Waals surface area contributed by atoms with E-state index in [-0.39, 0.29) is 12.3 Å². The fourth-order valence-electron chi connectivity index (χ4n) is 1.56. The Labute approximate surface area is 118 Å². The monoisotopic (exact) mass is 308 g/mol. The summed E-state index contributed by atoms with van der Waals surface area (Å²) in [4.78, 5) is 10.1. The van der Waals surface area contributed by atoms with E-state index in [9.17, 15) is 0 Å². The van der Waals surface area contributed by atoms with Crippen molar-refractivity contribution in [3.05, 3.63) is 42.0 Å². The Morgan fingerprint density at radius 3 is 2.45 bits per heavy atom. The zero-order valence-corrected chi connectivity index (χ0v) is 11.8. The van der Waals surface area contributed by atoms with Gasteiger partial charge in [-0.15, -0.1) is 6.58 Å². The van der Waals surface area contributed by atoms with Crippen LogP contribution in [0.1, 0.15) is 11.1 Å². The molecule has 1 aliphatic heterocycles. The molecular weight excluding hydrogens is 288 g/mol. The van der Waals surface area contributed by atoms with Crippen molar-refractivity contribution in [1.82, 2.24) is 12.3 Å². The van der Waals surface area contributed by atoms with Crippen molar-refractivity contribution in [1.29, 1.82) is 0 Å². The summed E-state index contributed by atoms with van der Waals surface area (Å²) in [6, 6.07) is 6.03. The summed E-state index contributed by atoms with van der Waals surface area (Å²) in [5.41, 5.74) is 2.50. The first-order valence-electron chi connectivity index (χ1n) is 5.13. The maximum Gasteiger partial charge on any atom is 0.394 e. The lowest BCUT2D eigenvalue weighted by Gasteiger charge is -2.06. The maximum absolute atomic E-state index is 8.74. The van der Waals surface area contributed by atoms with E-state index in [1.165, 1.54) is 11.1 Å². The number of hydrogen-bond donors (Lipinski definition) is 4. The molecule has 0 saturated carbocycles. The molecule has 0 spiro atoms. The summed E-state index contributed by atoms with van der Waals surface area (Å²) in [5.74, 6) is 0.829. The highest BCUT2D eigenvalue weighted by Crippen LogP contribution is 2.26. The van der Waals surface area contributed by atoms with Crippen molar-refractivity contribution in [2.24, 2.45) is 0 Å². The fraction of sp³-hybridized carbons (Fsp3) is 0.273. The van der Waals surface area contributed by atoms with Crippen LogP contribution in [0.4, 0.5) is 0 Å². The molecule has 1 aromatic rings. The van der Waals surface area contributed by atoms with Gasteiger partial charge < -0.3 is 17.2 Å². The predicted molar refractivity (Wildman–Crippen MR) is 74.8 cm³/mol. The topological polar surface area (TPSA) is 163 Å². The molecule has 0 amide bonds. The molecule has 0 saturated heterocycles. The van der Waals surface area contributed by atoms with E-state index in [4.69, 9.17) is 27.3 Å². The molecule has 0 radical (unpaired) electrons. The molecule has 2 rings (SSSR count). The van der Waals surface area contributed by atoms with Crippen LogP contribution in [0.2, 0.25) is 0 Å². The van der Waals surface area contributed by atoms with E-state index in [1.54, 1.807) is 0 Å². The second-order valence-electron chi connectivity index (χ2n) is 3.49. The van der Waals surface area contributed by atoms with Crippen LogP contribution in [0.5, 0.6) is 5.75 Å². The van der Waals surface area contributed by atoms with Crippen LogP contribution < -0.4 is 17.2 Å². The Bertz CT molecular complexity index is 485. The van der Waals surface area contributed by atoms with Crippen molar-refractivity contribution in [3.63, 3.8) is 0 Å². The molecule has 1 aliphatic rings. The molecule has 0 aromatic heterocycles. The first kappa shape index (κ1) is 20.8. The van der Waals surface area contributed by atoms with Gasteiger partial charge in [-0.25, -0.2) is 0 Å². The van der Waals surface area contributed by atoms with Gasteiger partial charge in [0.1, 0.15) is 0 Å². The molecule has 20 heavy (non-hydrogen) atoms. The minimum absolute atomic E-state index is 0. The number of benzene rings is 1. The zero-order chi connectivity index (χ0) is 13.6. The van der Waals surface area contributed by atoms with Gasteiger partial charge in [0.2, 0.25) is 0 Å². The summed E-state index contributed by atoms with van der Waals surface area (Å²) in [6.07, 6.45) is 3.64. The van der Waals surface area contributed by atoms with Crippen LogP contribution >= 0.6 is 0 Å². The molecule has 2 bridgehead atoms. The Balaban J connectivity index is 0. The third kappa shape index (κ3) is 7.84. The standard InChI is InChI=1S/C11H12O2.2H3N.H2O4S/c1-2-4-10-9-5-3-6-11(10)13-12-8-7-9;;;1-5(2,3)4/h2-3,5-6H,1,4,7-8H2;2*1H3;(H2,1,2,3,4). The predicted octanol–water partition coefficient (Wildman–Crippen LogP) is 1.95. The number of hydrogen-bond acceptors (Lipinski definition) is 6. The van der Waals surface area contributed by atoms with E-state index in [1.807, 2.05) is 18.2 Å². The van der Waals surface area contributed by atoms with Crippen LogP contribution in [0.15, 0.2) is 30.9 Å². The number of fused-ring (bicyclic) bond motifs is 2. The summed E-state index contributed by atoms with van der Waals surface area (Å²) in [6.45, 7) is 4.35. The third-order valence-electron chi connectivity index (χ3n) is 2.18.